The topological polar surface area (TPSA) is 35.5 Å². The van der Waals surface area contributed by atoms with Crippen LogP contribution in [-0.4, -0.2) is 23.6 Å². The zero-order chi connectivity index (χ0) is 13.2. The van der Waals surface area contributed by atoms with E-state index in [9.17, 15) is 4.79 Å². The molecule has 1 fully saturated rings. The highest BCUT2D eigenvalue weighted by Gasteiger charge is 2.43. The van der Waals surface area contributed by atoms with Crippen LogP contribution < -0.4 is 0 Å². The third-order valence-corrected chi connectivity index (χ3v) is 2.83. The van der Waals surface area contributed by atoms with Crippen molar-refractivity contribution in [3.8, 4) is 0 Å². The molecule has 0 radical (unpaired) electrons. The van der Waals surface area contributed by atoms with E-state index in [1.54, 1.807) is 0 Å². The molecule has 1 saturated carbocycles. The number of rotatable bonds is 4. The molecule has 2 rings (SSSR count). The molecule has 3 nitrogen and oxygen atoms in total. The van der Waals surface area contributed by atoms with Gasteiger partial charge in [-0.05, 0) is 26.3 Å². The largest absolute Gasteiger partial charge is 0.369 e. The maximum absolute atomic E-state index is 11.5. The Morgan fingerprint density at radius 3 is 2.44 bits per heavy atom. The highest BCUT2D eigenvalue weighted by atomic mass is 16.6. The number of carbonyl (C=O) groups excluding carboxylic acids is 1. The second-order valence-corrected chi connectivity index (χ2v) is 5.66. The molecular formula is C15H20O3. The van der Waals surface area contributed by atoms with E-state index >= 15 is 0 Å². The second kappa shape index (κ2) is 5.21. The van der Waals surface area contributed by atoms with E-state index in [2.05, 4.69) is 0 Å². The van der Waals surface area contributed by atoms with Crippen molar-refractivity contribution in [1.29, 1.82) is 0 Å². The highest BCUT2D eigenvalue weighted by Crippen LogP contribution is 2.28. The molecular weight excluding hydrogens is 228 g/mol. The summed E-state index contributed by atoms with van der Waals surface area (Å²) in [6, 6.07) is 9.86. The fraction of sp³-hybridized carbons (Fsp3) is 0.533. The minimum atomic E-state index is -0.399. The van der Waals surface area contributed by atoms with Gasteiger partial charge in [0.2, 0.25) is 0 Å². The molecule has 0 heterocycles. The van der Waals surface area contributed by atoms with Crippen LogP contribution in [0.25, 0.3) is 0 Å². The average molecular weight is 248 g/mol. The Labute approximate surface area is 108 Å². The predicted molar refractivity (Wildman–Crippen MR) is 69.3 cm³/mol. The quantitative estimate of drug-likeness (QED) is 0.822. The fourth-order valence-corrected chi connectivity index (χ4v) is 1.99. The van der Waals surface area contributed by atoms with Crippen molar-refractivity contribution in [1.82, 2.24) is 0 Å². The molecule has 2 unspecified atom stereocenters. The summed E-state index contributed by atoms with van der Waals surface area (Å²) in [7, 11) is 0. The fourth-order valence-electron chi connectivity index (χ4n) is 1.99. The molecule has 2 atom stereocenters. The first-order chi connectivity index (χ1) is 8.46. The molecule has 1 aliphatic carbocycles. The van der Waals surface area contributed by atoms with Gasteiger partial charge in [-0.25, -0.2) is 0 Å². The summed E-state index contributed by atoms with van der Waals surface area (Å²) in [5, 5.41) is 0. The van der Waals surface area contributed by atoms with E-state index in [0.717, 1.165) is 5.56 Å². The molecule has 1 aliphatic rings. The van der Waals surface area contributed by atoms with E-state index in [1.165, 1.54) is 0 Å². The maximum atomic E-state index is 11.5. The van der Waals surface area contributed by atoms with Crippen LogP contribution in [0.1, 0.15) is 32.8 Å². The molecule has 0 aromatic heterocycles. The van der Waals surface area contributed by atoms with Crippen molar-refractivity contribution in [2.24, 2.45) is 0 Å². The molecule has 0 bridgehead atoms. The van der Waals surface area contributed by atoms with Crippen molar-refractivity contribution < 1.29 is 14.3 Å². The van der Waals surface area contributed by atoms with Crippen molar-refractivity contribution in [2.45, 2.75) is 51.6 Å². The molecule has 98 valence electrons. The minimum absolute atomic E-state index is 0.0961. The summed E-state index contributed by atoms with van der Waals surface area (Å²) in [6.45, 7) is 6.43. The van der Waals surface area contributed by atoms with Gasteiger partial charge in [-0.15, -0.1) is 0 Å². The Morgan fingerprint density at radius 2 is 1.89 bits per heavy atom. The third-order valence-electron chi connectivity index (χ3n) is 2.83. The lowest BCUT2D eigenvalue weighted by Gasteiger charge is -2.38. The van der Waals surface area contributed by atoms with Gasteiger partial charge in [0.05, 0.1) is 18.3 Å². The second-order valence-electron chi connectivity index (χ2n) is 5.66. The Morgan fingerprint density at radius 1 is 1.22 bits per heavy atom. The van der Waals surface area contributed by atoms with Crippen LogP contribution in [0.2, 0.25) is 0 Å². The van der Waals surface area contributed by atoms with Gasteiger partial charge in [0.1, 0.15) is 6.10 Å². The lowest BCUT2D eigenvalue weighted by atomic mass is 9.89. The summed E-state index contributed by atoms with van der Waals surface area (Å²) >= 11 is 0. The highest BCUT2D eigenvalue weighted by molar-refractivity contribution is 5.90. The molecule has 0 spiro atoms. The molecule has 0 aliphatic heterocycles. The normalized spacial score (nSPS) is 23.8. The van der Waals surface area contributed by atoms with Crippen molar-refractivity contribution in [3.05, 3.63) is 35.9 Å². The van der Waals surface area contributed by atoms with Gasteiger partial charge in [0.25, 0.3) is 0 Å². The van der Waals surface area contributed by atoms with Crippen LogP contribution in [0.5, 0.6) is 0 Å². The van der Waals surface area contributed by atoms with Crippen molar-refractivity contribution in [2.75, 3.05) is 0 Å². The van der Waals surface area contributed by atoms with Crippen molar-refractivity contribution >= 4 is 5.78 Å². The number of ether oxygens (including phenoxy) is 2. The van der Waals surface area contributed by atoms with E-state index in [-0.39, 0.29) is 17.5 Å². The van der Waals surface area contributed by atoms with Crippen LogP contribution in [0.4, 0.5) is 0 Å². The van der Waals surface area contributed by atoms with E-state index in [1.807, 2.05) is 51.1 Å². The molecule has 0 N–H and O–H groups in total. The first-order valence-corrected chi connectivity index (χ1v) is 6.32. The maximum Gasteiger partial charge on any atom is 0.166 e. The van der Waals surface area contributed by atoms with Crippen LogP contribution >= 0.6 is 0 Å². The van der Waals surface area contributed by atoms with Gasteiger partial charge in [-0.3, -0.25) is 4.79 Å². The van der Waals surface area contributed by atoms with Crippen molar-refractivity contribution in [3.63, 3.8) is 0 Å². The summed E-state index contributed by atoms with van der Waals surface area (Å²) in [5.41, 5.74) is 0.839. The summed E-state index contributed by atoms with van der Waals surface area (Å²) < 4.78 is 11.5. The van der Waals surface area contributed by atoms with Crippen LogP contribution in [0, 0.1) is 0 Å². The summed E-state index contributed by atoms with van der Waals surface area (Å²) in [4.78, 5) is 11.5. The monoisotopic (exact) mass is 248 g/mol. The number of benzene rings is 1. The average Bonchev–Trinajstić information content (AvgIpc) is 2.28. The molecule has 3 heteroatoms. The first kappa shape index (κ1) is 13.2. The SMILES string of the molecule is CC(C)(C)OC1CC(=O)C1OCc1ccccc1. The standard InChI is InChI=1S/C15H20O3/c1-15(2,3)18-13-9-12(16)14(13)17-10-11-7-5-4-6-8-11/h4-8,13-14H,9-10H2,1-3H3. The first-order valence-electron chi connectivity index (χ1n) is 6.32. The number of carbonyl (C=O) groups is 1. The zero-order valence-corrected chi connectivity index (χ0v) is 11.2. The van der Waals surface area contributed by atoms with Gasteiger partial charge in [-0.1, -0.05) is 30.3 Å². The third kappa shape index (κ3) is 3.40. The lowest BCUT2D eigenvalue weighted by Crippen LogP contribution is -2.52. The van der Waals surface area contributed by atoms with Gasteiger partial charge in [-0.2, -0.15) is 0 Å². The Hall–Kier alpha value is -1.19. The Bertz CT molecular complexity index is 405. The van der Waals surface area contributed by atoms with Gasteiger partial charge in [0.15, 0.2) is 5.78 Å². The minimum Gasteiger partial charge on any atom is -0.369 e. The number of Topliss-reactive ketones (excluding diaryl/α,β-unsaturated/α-hetero) is 1. The zero-order valence-electron chi connectivity index (χ0n) is 11.2. The molecule has 1 aromatic rings. The van der Waals surface area contributed by atoms with E-state index < -0.39 is 6.10 Å². The number of hydrogen-bond acceptors (Lipinski definition) is 3. The predicted octanol–water partition coefficient (Wildman–Crippen LogP) is 2.73. The van der Waals surface area contributed by atoms with E-state index in [0.29, 0.717) is 13.0 Å². The smallest absolute Gasteiger partial charge is 0.166 e. The van der Waals surface area contributed by atoms with Gasteiger partial charge < -0.3 is 9.47 Å². The molecule has 0 saturated heterocycles. The van der Waals surface area contributed by atoms with Gasteiger partial charge >= 0.3 is 0 Å². The summed E-state index contributed by atoms with van der Waals surface area (Å²) in [6.07, 6.45) is -0.0258. The summed E-state index contributed by atoms with van der Waals surface area (Å²) in [5.74, 6) is 0.139. The van der Waals surface area contributed by atoms with Gasteiger partial charge in [0, 0.05) is 6.42 Å². The number of ketones is 1. The molecule has 0 amide bonds. The molecule has 18 heavy (non-hydrogen) atoms. The van der Waals surface area contributed by atoms with Crippen LogP contribution in [-0.2, 0) is 20.9 Å². The Balaban J connectivity index is 1.86. The Kier molecular flexibility index (Phi) is 3.83. The van der Waals surface area contributed by atoms with E-state index in [4.69, 9.17) is 9.47 Å². The molecule has 1 aromatic carbocycles. The van der Waals surface area contributed by atoms with Crippen LogP contribution in [0.15, 0.2) is 30.3 Å². The number of hydrogen-bond donors (Lipinski definition) is 0. The van der Waals surface area contributed by atoms with Crippen LogP contribution in [0.3, 0.4) is 0 Å². The lowest BCUT2D eigenvalue weighted by molar-refractivity contribution is -0.185.